The van der Waals surface area contributed by atoms with Crippen molar-refractivity contribution in [3.05, 3.63) is 243 Å². The van der Waals surface area contributed by atoms with Crippen LogP contribution in [0.2, 0.25) is 0 Å². The summed E-state index contributed by atoms with van der Waals surface area (Å²) < 4.78 is 0. The highest BCUT2D eigenvalue weighted by molar-refractivity contribution is 5.84. The topological polar surface area (TPSA) is 52.0 Å². The Bertz CT molecular complexity index is 2040. The third-order valence-electron chi connectivity index (χ3n) is 8.79. The predicted octanol–water partition coefficient (Wildman–Crippen LogP) is 13.9. The van der Waals surface area contributed by atoms with Crippen LogP contribution in [0.15, 0.2) is 243 Å². The molecule has 262 valence electrons. The monoisotopic (exact) mass is 696 g/mol. The number of nitrogen functional groups attached to an aromatic ring is 2. The average Bonchev–Trinajstić information content (AvgIpc) is 3.25. The van der Waals surface area contributed by atoms with Crippen molar-refractivity contribution in [2.45, 2.75) is 0 Å². The first-order valence-electron chi connectivity index (χ1n) is 18.1. The Morgan fingerprint density at radius 1 is 0.167 bits per heavy atom. The van der Waals surface area contributed by atoms with Gasteiger partial charge in [0.25, 0.3) is 0 Å². The molecule has 0 heterocycles. The summed E-state index contributed by atoms with van der Waals surface area (Å²) >= 11 is 0. The van der Waals surface area contributed by atoms with Crippen molar-refractivity contribution in [3.63, 3.8) is 0 Å². The molecular weight excluding hydrogens is 653 g/mol. The minimum atomic E-state index is 0.782. The van der Waals surface area contributed by atoms with E-state index in [9.17, 15) is 0 Å². The quantitative estimate of drug-likeness (QED) is 0.168. The van der Waals surface area contributed by atoms with Gasteiger partial charge in [0.2, 0.25) is 0 Å². The van der Waals surface area contributed by atoms with Crippen molar-refractivity contribution in [1.82, 2.24) is 0 Å². The second kappa shape index (κ2) is 19.4. The highest BCUT2D eigenvalue weighted by Crippen LogP contribution is 2.21. The zero-order valence-corrected chi connectivity index (χ0v) is 30.2. The second-order valence-corrected chi connectivity index (χ2v) is 12.6. The van der Waals surface area contributed by atoms with E-state index in [0.29, 0.717) is 0 Å². The Morgan fingerprint density at radius 2 is 0.296 bits per heavy atom. The maximum Gasteiger partial charge on any atom is 0.0314 e. The van der Waals surface area contributed by atoms with Crippen LogP contribution in [-0.4, -0.2) is 0 Å². The van der Waals surface area contributed by atoms with Crippen LogP contribution in [0.3, 0.4) is 0 Å². The lowest BCUT2D eigenvalue weighted by atomic mass is 10.1. The molecule has 0 fully saturated rings. The summed E-state index contributed by atoms with van der Waals surface area (Å²) in [6, 6.07) is 82.4. The lowest BCUT2D eigenvalue weighted by molar-refractivity contribution is 1.61. The molecule has 0 aliphatic rings. The van der Waals surface area contributed by atoms with Crippen LogP contribution >= 0.6 is 0 Å². The van der Waals surface area contributed by atoms with Gasteiger partial charge < -0.3 is 11.5 Å². The van der Waals surface area contributed by atoms with Crippen LogP contribution in [-0.2, 0) is 0 Å². The summed E-state index contributed by atoms with van der Waals surface area (Å²) in [4.78, 5) is 0. The van der Waals surface area contributed by atoms with Crippen LogP contribution in [0.1, 0.15) is 0 Å². The van der Waals surface area contributed by atoms with E-state index in [0.717, 1.165) is 22.5 Å². The van der Waals surface area contributed by atoms with Crippen molar-refractivity contribution < 1.29 is 0 Å². The van der Waals surface area contributed by atoms with E-state index >= 15 is 0 Å². The number of fused-ring (bicyclic) bond motifs is 4. The first-order valence-corrected chi connectivity index (χ1v) is 18.1. The zero-order chi connectivity index (χ0) is 37.2. The average molecular weight is 697 g/mol. The highest BCUT2D eigenvalue weighted by atomic mass is 14.5. The van der Waals surface area contributed by atoms with Gasteiger partial charge in [-0.1, -0.05) is 218 Å². The van der Waals surface area contributed by atoms with Gasteiger partial charge in [-0.2, -0.15) is 0 Å². The van der Waals surface area contributed by atoms with Crippen molar-refractivity contribution in [1.29, 1.82) is 0 Å². The van der Waals surface area contributed by atoms with Crippen molar-refractivity contribution in [2.24, 2.45) is 0 Å². The van der Waals surface area contributed by atoms with Gasteiger partial charge in [-0.15, -0.1) is 0 Å². The van der Waals surface area contributed by atoms with E-state index in [4.69, 9.17) is 11.5 Å². The molecular formula is C52H44N2. The molecule has 0 unspecified atom stereocenters. The molecule has 0 spiro atoms. The normalized spacial score (nSPS) is 10.0. The standard InChI is InChI=1S/C12H12N2.4C10H8/c13-11-5-1-9(2-6-11)10-3-7-12(14)8-4-10;4*1-2-6-10-8-4-3-7-9(10)5-1/h1-8H,13-14H2;4*1-8H. The van der Waals surface area contributed by atoms with Gasteiger partial charge in [0, 0.05) is 11.4 Å². The van der Waals surface area contributed by atoms with Gasteiger partial charge in [-0.3, -0.25) is 0 Å². The minimum Gasteiger partial charge on any atom is -0.399 e. The summed E-state index contributed by atoms with van der Waals surface area (Å²) in [5.74, 6) is 0. The van der Waals surface area contributed by atoms with Gasteiger partial charge in [0.1, 0.15) is 0 Å². The SMILES string of the molecule is Nc1ccc(-c2ccc(N)cc2)cc1.c1ccc2ccccc2c1.c1ccc2ccccc2c1.c1ccc2ccccc2c1.c1ccc2ccccc2c1. The van der Waals surface area contributed by atoms with Gasteiger partial charge in [-0.05, 0) is 78.5 Å². The van der Waals surface area contributed by atoms with E-state index < -0.39 is 0 Å². The Labute approximate surface area is 318 Å². The molecule has 0 aliphatic carbocycles. The fourth-order valence-corrected chi connectivity index (χ4v) is 5.88. The molecule has 0 bridgehead atoms. The molecule has 0 atom stereocenters. The van der Waals surface area contributed by atoms with E-state index in [1.165, 1.54) is 43.1 Å². The van der Waals surface area contributed by atoms with Crippen molar-refractivity contribution in [3.8, 4) is 11.1 Å². The Balaban J connectivity index is 0.000000116. The van der Waals surface area contributed by atoms with Gasteiger partial charge >= 0.3 is 0 Å². The molecule has 0 aromatic heterocycles. The van der Waals surface area contributed by atoms with E-state index in [1.807, 2.05) is 48.5 Å². The third kappa shape index (κ3) is 10.9. The smallest absolute Gasteiger partial charge is 0.0314 e. The Kier molecular flexibility index (Phi) is 13.2. The van der Waals surface area contributed by atoms with E-state index in [2.05, 4.69) is 194 Å². The van der Waals surface area contributed by atoms with Crippen LogP contribution in [0, 0.1) is 0 Å². The summed E-state index contributed by atoms with van der Waals surface area (Å²) in [6.07, 6.45) is 0. The zero-order valence-electron chi connectivity index (χ0n) is 30.2. The second-order valence-electron chi connectivity index (χ2n) is 12.6. The largest absolute Gasteiger partial charge is 0.399 e. The van der Waals surface area contributed by atoms with Gasteiger partial charge in [-0.25, -0.2) is 0 Å². The summed E-state index contributed by atoms with van der Waals surface area (Å²) in [5, 5.41) is 10.5. The predicted molar refractivity (Wildman–Crippen MR) is 236 cm³/mol. The number of rotatable bonds is 1. The first kappa shape index (κ1) is 36.6. The van der Waals surface area contributed by atoms with Crippen molar-refractivity contribution in [2.75, 3.05) is 11.5 Å². The Morgan fingerprint density at radius 3 is 0.426 bits per heavy atom. The number of hydrogen-bond donors (Lipinski definition) is 2. The summed E-state index contributed by atoms with van der Waals surface area (Å²) in [7, 11) is 0. The lowest BCUT2D eigenvalue weighted by Gasteiger charge is -2.02. The molecule has 10 rings (SSSR count). The summed E-state index contributed by atoms with van der Waals surface area (Å²) in [6.45, 7) is 0. The minimum absolute atomic E-state index is 0.782. The fourth-order valence-electron chi connectivity index (χ4n) is 5.88. The number of hydrogen-bond acceptors (Lipinski definition) is 2. The molecule has 2 heteroatoms. The number of anilines is 2. The Hall–Kier alpha value is -7.16. The first-order chi connectivity index (χ1) is 26.6. The lowest BCUT2D eigenvalue weighted by Crippen LogP contribution is -1.85. The third-order valence-corrected chi connectivity index (χ3v) is 8.79. The van der Waals surface area contributed by atoms with Crippen LogP contribution in [0.4, 0.5) is 11.4 Å². The maximum atomic E-state index is 5.61. The number of nitrogens with two attached hydrogens (primary N) is 2. The van der Waals surface area contributed by atoms with E-state index in [1.54, 1.807) is 0 Å². The molecule has 0 amide bonds. The molecule has 0 radical (unpaired) electrons. The molecule has 0 aliphatic heterocycles. The number of benzene rings is 10. The van der Waals surface area contributed by atoms with Gasteiger partial charge in [0.15, 0.2) is 0 Å². The van der Waals surface area contributed by atoms with Crippen LogP contribution < -0.4 is 11.5 Å². The van der Waals surface area contributed by atoms with E-state index in [-0.39, 0.29) is 0 Å². The maximum absolute atomic E-state index is 5.61. The summed E-state index contributed by atoms with van der Waals surface area (Å²) in [5.41, 5.74) is 15.1. The molecule has 2 nitrogen and oxygen atoms in total. The molecule has 10 aromatic carbocycles. The highest BCUT2D eigenvalue weighted by Gasteiger charge is 1.96. The van der Waals surface area contributed by atoms with Crippen LogP contribution in [0.5, 0.6) is 0 Å². The van der Waals surface area contributed by atoms with Gasteiger partial charge in [0.05, 0.1) is 0 Å². The molecule has 4 N–H and O–H groups in total. The molecule has 0 saturated heterocycles. The molecule has 54 heavy (non-hydrogen) atoms. The van der Waals surface area contributed by atoms with Crippen LogP contribution in [0.25, 0.3) is 54.2 Å². The fraction of sp³-hybridized carbons (Fsp3) is 0. The molecule has 10 aromatic rings. The molecule has 0 saturated carbocycles. The van der Waals surface area contributed by atoms with Crippen molar-refractivity contribution >= 4 is 54.5 Å².